The molecule has 20 heavy (non-hydrogen) atoms. The highest BCUT2D eigenvalue weighted by molar-refractivity contribution is 9.10. The SMILES string of the molecule is Cc1cccc(NC(=O)c2n[nH]c(C3CC3)c2N)c1Br. The average Bonchev–Trinajstić information content (AvgIpc) is 3.18. The van der Waals surface area contributed by atoms with E-state index in [-0.39, 0.29) is 11.6 Å². The van der Waals surface area contributed by atoms with Crippen molar-refractivity contribution < 1.29 is 4.79 Å². The van der Waals surface area contributed by atoms with Crippen LogP contribution in [0.5, 0.6) is 0 Å². The first-order chi connectivity index (χ1) is 9.58. The van der Waals surface area contributed by atoms with E-state index in [9.17, 15) is 4.79 Å². The van der Waals surface area contributed by atoms with E-state index in [1.807, 2.05) is 25.1 Å². The number of aryl methyl sites for hydroxylation is 1. The maximum Gasteiger partial charge on any atom is 0.278 e. The second-order valence-corrected chi connectivity index (χ2v) is 5.86. The summed E-state index contributed by atoms with van der Waals surface area (Å²) in [5.41, 5.74) is 9.38. The lowest BCUT2D eigenvalue weighted by atomic mass is 10.2. The molecule has 1 amide bonds. The number of nitrogen functional groups attached to an aromatic ring is 1. The number of hydrogen-bond donors (Lipinski definition) is 3. The van der Waals surface area contributed by atoms with E-state index in [1.54, 1.807) is 0 Å². The summed E-state index contributed by atoms with van der Waals surface area (Å²) < 4.78 is 0.866. The smallest absolute Gasteiger partial charge is 0.278 e. The molecule has 0 saturated heterocycles. The number of H-pyrrole nitrogens is 1. The van der Waals surface area contributed by atoms with E-state index in [0.717, 1.165) is 28.6 Å². The molecule has 5 nitrogen and oxygen atoms in total. The highest BCUT2D eigenvalue weighted by Crippen LogP contribution is 2.42. The minimum absolute atomic E-state index is 0.264. The van der Waals surface area contributed by atoms with E-state index >= 15 is 0 Å². The van der Waals surface area contributed by atoms with Crippen molar-refractivity contribution in [2.24, 2.45) is 0 Å². The lowest BCUT2D eigenvalue weighted by Crippen LogP contribution is -2.14. The van der Waals surface area contributed by atoms with Crippen molar-refractivity contribution >= 4 is 33.2 Å². The van der Waals surface area contributed by atoms with Gasteiger partial charge in [-0.2, -0.15) is 5.10 Å². The third-order valence-electron chi connectivity index (χ3n) is 3.47. The number of nitrogens with zero attached hydrogens (tertiary/aromatic N) is 1. The van der Waals surface area contributed by atoms with Crippen LogP contribution < -0.4 is 11.1 Å². The molecule has 1 aliphatic rings. The van der Waals surface area contributed by atoms with Crippen LogP contribution in [-0.2, 0) is 0 Å². The molecule has 1 heterocycles. The Morgan fingerprint density at radius 2 is 2.25 bits per heavy atom. The van der Waals surface area contributed by atoms with Gasteiger partial charge in [0.15, 0.2) is 5.69 Å². The summed E-state index contributed by atoms with van der Waals surface area (Å²) >= 11 is 3.46. The van der Waals surface area contributed by atoms with Crippen LogP contribution in [0.2, 0.25) is 0 Å². The average molecular weight is 335 g/mol. The van der Waals surface area contributed by atoms with Crippen LogP contribution in [0.4, 0.5) is 11.4 Å². The van der Waals surface area contributed by atoms with Gasteiger partial charge < -0.3 is 11.1 Å². The zero-order valence-electron chi connectivity index (χ0n) is 11.0. The van der Waals surface area contributed by atoms with Gasteiger partial charge in [-0.1, -0.05) is 12.1 Å². The molecule has 0 unspecified atom stereocenters. The first kappa shape index (κ1) is 13.2. The summed E-state index contributed by atoms with van der Waals surface area (Å²) in [5, 5.41) is 9.76. The van der Waals surface area contributed by atoms with Gasteiger partial charge in [-0.25, -0.2) is 0 Å². The summed E-state index contributed by atoms with van der Waals surface area (Å²) in [6.45, 7) is 1.97. The van der Waals surface area contributed by atoms with Crippen LogP contribution in [0.1, 0.15) is 40.5 Å². The molecule has 0 spiro atoms. The number of nitrogens with two attached hydrogens (primary N) is 1. The second-order valence-electron chi connectivity index (χ2n) is 5.06. The summed E-state index contributed by atoms with van der Waals surface area (Å²) in [5.74, 6) is 0.145. The number of halogens is 1. The van der Waals surface area contributed by atoms with Crippen LogP contribution in [0, 0.1) is 6.92 Å². The number of rotatable bonds is 3. The quantitative estimate of drug-likeness (QED) is 0.805. The summed E-state index contributed by atoms with van der Waals surface area (Å²) in [6.07, 6.45) is 2.22. The number of benzene rings is 1. The number of aromatic nitrogens is 2. The topological polar surface area (TPSA) is 83.8 Å². The molecule has 3 rings (SSSR count). The van der Waals surface area contributed by atoms with Crippen molar-refractivity contribution in [2.75, 3.05) is 11.1 Å². The Morgan fingerprint density at radius 1 is 1.50 bits per heavy atom. The molecule has 2 aromatic rings. The van der Waals surface area contributed by atoms with Crippen molar-refractivity contribution in [1.29, 1.82) is 0 Å². The zero-order chi connectivity index (χ0) is 14.3. The molecule has 0 atom stereocenters. The summed E-state index contributed by atoms with van der Waals surface area (Å²) in [6, 6.07) is 5.69. The standard InChI is InChI=1S/C14H15BrN4O/c1-7-3-2-4-9(10(7)15)17-14(20)13-11(16)12(18-19-13)8-5-6-8/h2-4,8H,5-6,16H2,1H3,(H,17,20)(H,18,19). The van der Waals surface area contributed by atoms with E-state index in [1.165, 1.54) is 0 Å². The zero-order valence-corrected chi connectivity index (χ0v) is 12.6. The largest absolute Gasteiger partial charge is 0.395 e. The predicted octanol–water partition coefficient (Wildman–Crippen LogP) is 3.19. The lowest BCUT2D eigenvalue weighted by molar-refractivity contribution is 0.102. The maximum atomic E-state index is 12.3. The Morgan fingerprint density at radius 3 is 2.95 bits per heavy atom. The molecule has 6 heteroatoms. The molecule has 1 saturated carbocycles. The second kappa shape index (κ2) is 4.94. The fourth-order valence-electron chi connectivity index (χ4n) is 2.15. The van der Waals surface area contributed by atoms with Crippen LogP contribution in [0.25, 0.3) is 0 Å². The van der Waals surface area contributed by atoms with Crippen LogP contribution in [0.3, 0.4) is 0 Å². The van der Waals surface area contributed by atoms with Crippen molar-refractivity contribution in [3.8, 4) is 0 Å². The van der Waals surface area contributed by atoms with E-state index in [0.29, 0.717) is 17.3 Å². The van der Waals surface area contributed by atoms with E-state index in [2.05, 4.69) is 31.4 Å². The Labute approximate surface area is 125 Å². The van der Waals surface area contributed by atoms with Gasteiger partial charge in [-0.05, 0) is 47.3 Å². The number of carbonyl (C=O) groups excluding carboxylic acids is 1. The summed E-state index contributed by atoms with van der Waals surface area (Å²) in [4.78, 5) is 12.3. The van der Waals surface area contributed by atoms with Gasteiger partial charge >= 0.3 is 0 Å². The van der Waals surface area contributed by atoms with Crippen LogP contribution >= 0.6 is 15.9 Å². The minimum atomic E-state index is -0.294. The third kappa shape index (κ3) is 2.31. The molecule has 4 N–H and O–H groups in total. The van der Waals surface area contributed by atoms with Crippen molar-refractivity contribution in [1.82, 2.24) is 10.2 Å². The normalized spacial score (nSPS) is 14.3. The van der Waals surface area contributed by atoms with Crippen LogP contribution in [0.15, 0.2) is 22.7 Å². The van der Waals surface area contributed by atoms with Gasteiger partial charge in [0.25, 0.3) is 5.91 Å². The van der Waals surface area contributed by atoms with Gasteiger partial charge in [0.1, 0.15) is 0 Å². The van der Waals surface area contributed by atoms with E-state index < -0.39 is 0 Å². The Balaban J connectivity index is 1.84. The lowest BCUT2D eigenvalue weighted by Gasteiger charge is -2.08. The Hall–Kier alpha value is -1.82. The molecular formula is C14H15BrN4O. The number of hydrogen-bond acceptors (Lipinski definition) is 3. The van der Waals surface area contributed by atoms with E-state index in [4.69, 9.17) is 5.73 Å². The number of anilines is 2. The fourth-order valence-corrected chi connectivity index (χ4v) is 2.51. The maximum absolute atomic E-state index is 12.3. The molecule has 1 aliphatic carbocycles. The Bertz CT molecular complexity index is 676. The molecule has 1 aromatic carbocycles. The number of carbonyl (C=O) groups is 1. The van der Waals surface area contributed by atoms with Gasteiger partial charge in [-0.3, -0.25) is 9.89 Å². The van der Waals surface area contributed by atoms with Crippen molar-refractivity contribution in [2.45, 2.75) is 25.7 Å². The number of nitrogens with one attached hydrogen (secondary N) is 2. The van der Waals surface area contributed by atoms with Crippen molar-refractivity contribution in [3.63, 3.8) is 0 Å². The Kier molecular flexibility index (Phi) is 3.25. The molecular weight excluding hydrogens is 320 g/mol. The van der Waals surface area contributed by atoms with Crippen LogP contribution in [-0.4, -0.2) is 16.1 Å². The molecule has 0 radical (unpaired) electrons. The minimum Gasteiger partial charge on any atom is -0.395 e. The van der Waals surface area contributed by atoms with Crippen molar-refractivity contribution in [3.05, 3.63) is 39.6 Å². The van der Waals surface area contributed by atoms with Gasteiger partial charge in [-0.15, -0.1) is 0 Å². The number of amides is 1. The van der Waals surface area contributed by atoms with Gasteiger partial charge in [0, 0.05) is 10.4 Å². The first-order valence-electron chi connectivity index (χ1n) is 6.48. The monoisotopic (exact) mass is 334 g/mol. The summed E-state index contributed by atoms with van der Waals surface area (Å²) in [7, 11) is 0. The third-order valence-corrected chi connectivity index (χ3v) is 4.53. The first-order valence-corrected chi connectivity index (χ1v) is 7.27. The molecule has 0 bridgehead atoms. The molecule has 1 aromatic heterocycles. The van der Waals surface area contributed by atoms with Gasteiger partial charge in [0.05, 0.1) is 17.1 Å². The predicted molar refractivity (Wildman–Crippen MR) is 81.8 cm³/mol. The number of aromatic amines is 1. The van der Waals surface area contributed by atoms with Gasteiger partial charge in [0.2, 0.25) is 0 Å². The highest BCUT2D eigenvalue weighted by Gasteiger charge is 2.30. The fraction of sp³-hybridized carbons (Fsp3) is 0.286. The molecule has 1 fully saturated rings. The highest BCUT2D eigenvalue weighted by atomic mass is 79.9. The molecule has 0 aliphatic heterocycles. The molecule has 104 valence electrons.